The van der Waals surface area contributed by atoms with Crippen LogP contribution >= 0.6 is 0 Å². The highest BCUT2D eigenvalue weighted by molar-refractivity contribution is 7.92. The summed E-state index contributed by atoms with van der Waals surface area (Å²) in [6.45, 7) is 13.0. The minimum Gasteiger partial charge on any atom is -0.493 e. The zero-order valence-corrected chi connectivity index (χ0v) is 43.0. The number of H-pyrrole nitrogens is 1. The smallest absolute Gasteiger partial charge is 0.343 e. The van der Waals surface area contributed by atoms with Gasteiger partial charge >= 0.3 is 5.97 Å². The van der Waals surface area contributed by atoms with Gasteiger partial charge in [-0.1, -0.05) is 114 Å². The second kappa shape index (κ2) is 22.3. The molecule has 5 aromatic rings. The van der Waals surface area contributed by atoms with Gasteiger partial charge in [-0.05, 0) is 115 Å². The van der Waals surface area contributed by atoms with Crippen LogP contribution in [0.4, 0.5) is 17.2 Å². The van der Waals surface area contributed by atoms with Gasteiger partial charge in [-0.2, -0.15) is 4.99 Å². The van der Waals surface area contributed by atoms with E-state index in [1.807, 2.05) is 66.7 Å². The Balaban J connectivity index is 1.31. The van der Waals surface area contributed by atoms with Gasteiger partial charge < -0.3 is 25.5 Å². The summed E-state index contributed by atoms with van der Waals surface area (Å²) in [5.41, 5.74) is 5.57. The molecule has 1 amide bonds. The highest BCUT2D eigenvalue weighted by Crippen LogP contribution is 2.43. The minimum atomic E-state index is -3.64. The molecule has 5 N–H and O–H groups in total. The summed E-state index contributed by atoms with van der Waals surface area (Å²) in [5.74, 6) is 0.454. The number of nitrogens with zero attached hydrogens (tertiary/aromatic N) is 2. The van der Waals surface area contributed by atoms with E-state index in [1.54, 1.807) is 49.5 Å². The van der Waals surface area contributed by atoms with Gasteiger partial charge in [0.1, 0.15) is 24.1 Å². The fourth-order valence-corrected chi connectivity index (χ4v) is 11.6. The third-order valence-corrected chi connectivity index (χ3v) is 14.6. The van der Waals surface area contributed by atoms with Crippen LogP contribution in [0.3, 0.4) is 0 Å². The number of benzene rings is 4. The summed E-state index contributed by atoms with van der Waals surface area (Å²) in [4.78, 5) is 55.0. The molecule has 8 rings (SSSR count). The molecule has 2 aliphatic carbocycles. The molecule has 0 saturated heterocycles. The predicted octanol–water partition coefficient (Wildman–Crippen LogP) is 11.7. The number of hydrogen-bond donors (Lipinski definition) is 5. The lowest BCUT2D eigenvalue weighted by molar-refractivity contribution is -0.354. The number of aliphatic imine (C=N–C) groups is 2. The molecule has 3 aliphatic rings. The van der Waals surface area contributed by atoms with E-state index in [4.69, 9.17) is 19.5 Å². The topological polar surface area (TPSA) is 193 Å². The Hall–Kier alpha value is -6.81. The lowest BCUT2D eigenvalue weighted by Gasteiger charge is -2.37. The Morgan fingerprint density at radius 2 is 1.33 bits per heavy atom. The quantitative estimate of drug-likeness (QED) is 0.0223. The first-order valence-electron chi connectivity index (χ1n) is 24.8. The highest BCUT2D eigenvalue weighted by atomic mass is 32.2. The van der Waals surface area contributed by atoms with Crippen LogP contribution < -0.4 is 15.4 Å². The summed E-state index contributed by atoms with van der Waals surface area (Å²) < 4.78 is 33.3. The molecule has 4 unspecified atom stereocenters. The number of anilines is 3. The molecule has 2 saturated carbocycles. The molecule has 378 valence electrons. The standard InChI is InChI=1S/C57H66N6O8S/c1-33-25-35(3)51(36(4)26-33)70-57(66)50-49(40-19-13-10-14-20-40)47(60-54(50)62-56(65)42-22-16-24-44(30-42)63-72(8,67)68)31-46-48(39-17-11-9-12-18-39)45(32-69-71-52-37(5)27-34(2)28-38(52)6)53(59-46)61-55(64)41-21-15-23-43(29-41)58-7/h9-24,29-31,33-38,51-52,58-59,63H,25-28,32H2,1-8H3,(H,61,64)(H,60,62,65). The molecule has 4 aromatic carbocycles. The predicted molar refractivity (Wildman–Crippen MR) is 286 cm³/mol. The fourth-order valence-electron chi connectivity index (χ4n) is 11.0. The minimum absolute atomic E-state index is 0.0372. The van der Waals surface area contributed by atoms with Crippen LogP contribution in [0.1, 0.15) is 100.0 Å². The van der Waals surface area contributed by atoms with Crippen LogP contribution in [0.2, 0.25) is 0 Å². The van der Waals surface area contributed by atoms with Crippen LogP contribution in [-0.2, 0) is 35.9 Å². The molecule has 15 heteroatoms. The van der Waals surface area contributed by atoms with Crippen molar-refractivity contribution in [1.29, 1.82) is 0 Å². The normalized spacial score (nSPS) is 24.2. The molecule has 1 aliphatic heterocycles. The second-order valence-electron chi connectivity index (χ2n) is 20.1. The maximum Gasteiger partial charge on any atom is 0.343 e. The number of ether oxygens (including phenoxy) is 1. The fraction of sp³-hybridized carbons (Fsp3) is 0.368. The van der Waals surface area contributed by atoms with Crippen LogP contribution in [0.15, 0.2) is 130 Å². The summed E-state index contributed by atoms with van der Waals surface area (Å²) in [7, 11) is -1.85. The number of rotatable bonds is 15. The lowest BCUT2D eigenvalue weighted by Crippen LogP contribution is -2.38. The number of hydrogen-bond acceptors (Lipinski definition) is 10. The summed E-state index contributed by atoms with van der Waals surface area (Å²) >= 11 is 0. The third-order valence-electron chi connectivity index (χ3n) is 14.0. The number of amidine groups is 1. The maximum atomic E-state index is 15.1. The van der Waals surface area contributed by atoms with Crippen molar-refractivity contribution < 1.29 is 37.6 Å². The van der Waals surface area contributed by atoms with E-state index < -0.39 is 28.0 Å². The number of esters is 1. The van der Waals surface area contributed by atoms with E-state index >= 15 is 4.79 Å². The van der Waals surface area contributed by atoms with Crippen molar-refractivity contribution in [2.45, 2.75) is 86.0 Å². The van der Waals surface area contributed by atoms with E-state index in [0.717, 1.165) is 43.2 Å². The Bertz CT molecular complexity index is 3000. The molecule has 2 heterocycles. The van der Waals surface area contributed by atoms with Crippen molar-refractivity contribution in [1.82, 2.24) is 4.98 Å². The Morgan fingerprint density at radius 1 is 0.764 bits per heavy atom. The summed E-state index contributed by atoms with van der Waals surface area (Å²) in [6, 6.07) is 32.4. The van der Waals surface area contributed by atoms with Gasteiger partial charge in [0.25, 0.3) is 5.91 Å². The van der Waals surface area contributed by atoms with Crippen LogP contribution in [0.5, 0.6) is 0 Å². The van der Waals surface area contributed by atoms with Crippen molar-refractivity contribution in [2.75, 3.05) is 28.7 Å². The SMILES string of the molecule is CNc1cccc(C(=O)Nc2[nH]c(C=C3N=C(N=C(O)c4cccc(NS(C)(=O)=O)c4)C(C(=O)OC4C(C)CC(C)CC4C)=C3c3ccccc3)c(-c3ccccc3)c2COOC2C(C)CC(C)CC2C)c1. The third kappa shape index (κ3) is 12.1. The molecular formula is C57H66N6O8S. The van der Waals surface area contributed by atoms with Crippen molar-refractivity contribution in [3.8, 4) is 11.1 Å². The van der Waals surface area contributed by atoms with Gasteiger partial charge in [-0.3, -0.25) is 9.52 Å². The number of aromatic nitrogens is 1. The Kier molecular flexibility index (Phi) is 16.0. The van der Waals surface area contributed by atoms with Crippen molar-refractivity contribution in [3.05, 3.63) is 148 Å². The van der Waals surface area contributed by atoms with Crippen molar-refractivity contribution >= 4 is 62.5 Å². The van der Waals surface area contributed by atoms with E-state index in [0.29, 0.717) is 56.9 Å². The summed E-state index contributed by atoms with van der Waals surface area (Å²) in [5, 5.41) is 18.0. The molecule has 0 spiro atoms. The van der Waals surface area contributed by atoms with Crippen LogP contribution in [-0.4, -0.2) is 67.6 Å². The number of amides is 1. The molecule has 1 aromatic heterocycles. The number of aromatic amines is 1. The molecule has 4 atom stereocenters. The molecule has 2 fully saturated rings. The Labute approximate surface area is 423 Å². The maximum absolute atomic E-state index is 15.1. The first-order valence-corrected chi connectivity index (χ1v) is 26.7. The van der Waals surface area contributed by atoms with Crippen LogP contribution in [0.25, 0.3) is 22.8 Å². The number of carbonyl (C=O) groups excluding carboxylic acids is 2. The molecular weight excluding hydrogens is 929 g/mol. The number of aliphatic hydroxyl groups excluding tert-OH is 1. The lowest BCUT2D eigenvalue weighted by atomic mass is 9.75. The van der Waals surface area contributed by atoms with Gasteiger partial charge in [-0.15, -0.1) is 0 Å². The van der Waals surface area contributed by atoms with Gasteiger partial charge in [0.15, 0.2) is 5.84 Å². The molecule has 0 radical (unpaired) electrons. The number of carbonyl (C=O) groups is 2. The average molecular weight is 995 g/mol. The van der Waals surface area contributed by atoms with Gasteiger partial charge in [0.2, 0.25) is 15.9 Å². The average Bonchev–Trinajstić information content (AvgIpc) is 3.87. The number of aliphatic hydroxyl groups is 1. The zero-order valence-electron chi connectivity index (χ0n) is 42.2. The van der Waals surface area contributed by atoms with Crippen molar-refractivity contribution in [2.24, 2.45) is 45.5 Å². The number of allylic oxidation sites excluding steroid dienone is 1. The number of nitrogens with one attached hydrogen (secondary N) is 4. The second-order valence-corrected chi connectivity index (χ2v) is 21.9. The molecule has 14 nitrogen and oxygen atoms in total. The summed E-state index contributed by atoms with van der Waals surface area (Å²) in [6.07, 6.45) is 6.12. The molecule has 72 heavy (non-hydrogen) atoms. The first-order chi connectivity index (χ1) is 34.5. The van der Waals surface area contributed by atoms with E-state index in [2.05, 4.69) is 66.9 Å². The first kappa shape index (κ1) is 51.5. The van der Waals surface area contributed by atoms with Gasteiger partial charge in [-0.25, -0.2) is 28.0 Å². The zero-order chi connectivity index (χ0) is 51.3. The van der Waals surface area contributed by atoms with E-state index in [1.165, 1.54) is 6.07 Å². The van der Waals surface area contributed by atoms with Gasteiger partial charge in [0.05, 0.1) is 23.8 Å². The molecule has 0 bridgehead atoms. The van der Waals surface area contributed by atoms with Crippen LogP contribution in [0, 0.1) is 35.5 Å². The largest absolute Gasteiger partial charge is 0.493 e. The van der Waals surface area contributed by atoms with E-state index in [-0.39, 0.29) is 64.9 Å². The Morgan fingerprint density at radius 3 is 1.94 bits per heavy atom. The monoisotopic (exact) mass is 994 g/mol. The van der Waals surface area contributed by atoms with E-state index in [9.17, 15) is 18.3 Å². The van der Waals surface area contributed by atoms with Crippen molar-refractivity contribution in [3.63, 3.8) is 0 Å². The number of sulfonamides is 1. The highest BCUT2D eigenvalue weighted by Gasteiger charge is 2.39. The van der Waals surface area contributed by atoms with Gasteiger partial charge in [0, 0.05) is 46.2 Å².